The van der Waals surface area contributed by atoms with Crippen molar-refractivity contribution in [2.75, 3.05) is 25.0 Å². The fourth-order valence-electron chi connectivity index (χ4n) is 1.86. The molecule has 1 aromatic rings. The van der Waals surface area contributed by atoms with Crippen LogP contribution >= 0.6 is 11.6 Å². The van der Waals surface area contributed by atoms with Gasteiger partial charge in [0.2, 0.25) is 0 Å². The fraction of sp³-hybridized carbons (Fsp3) is 0.545. The Morgan fingerprint density at radius 3 is 3.00 bits per heavy atom. The number of hydrogen-bond donors (Lipinski definition) is 2. The molecular formula is C11H16ClN3. The van der Waals surface area contributed by atoms with Gasteiger partial charge in [0.25, 0.3) is 0 Å². The molecule has 0 amide bonds. The fourth-order valence-corrected chi connectivity index (χ4v) is 2.04. The lowest BCUT2D eigenvalue weighted by Crippen LogP contribution is -2.31. The summed E-state index contributed by atoms with van der Waals surface area (Å²) in [5.74, 6) is 0.760. The van der Waals surface area contributed by atoms with Gasteiger partial charge in [-0.1, -0.05) is 11.6 Å². The van der Waals surface area contributed by atoms with Gasteiger partial charge in [0, 0.05) is 18.9 Å². The molecule has 2 heterocycles. The smallest absolute Gasteiger partial charge is 0.0820 e. The van der Waals surface area contributed by atoms with Gasteiger partial charge in [0.05, 0.1) is 10.7 Å². The van der Waals surface area contributed by atoms with Crippen LogP contribution in [0.15, 0.2) is 18.5 Å². The Balaban J connectivity index is 1.84. The van der Waals surface area contributed by atoms with Crippen LogP contribution in [0.3, 0.4) is 0 Å². The van der Waals surface area contributed by atoms with Crippen LogP contribution in [0.25, 0.3) is 0 Å². The predicted molar refractivity (Wildman–Crippen MR) is 63.3 cm³/mol. The summed E-state index contributed by atoms with van der Waals surface area (Å²) in [6, 6.07) is 1.92. The van der Waals surface area contributed by atoms with Crippen LogP contribution in [0.2, 0.25) is 5.02 Å². The lowest BCUT2D eigenvalue weighted by atomic mass is 9.98. The van der Waals surface area contributed by atoms with Gasteiger partial charge in [-0.2, -0.15) is 0 Å². The number of piperidine rings is 1. The summed E-state index contributed by atoms with van der Waals surface area (Å²) in [5, 5.41) is 7.44. The first-order valence-electron chi connectivity index (χ1n) is 5.40. The molecule has 0 saturated carbocycles. The minimum Gasteiger partial charge on any atom is -0.383 e. The van der Waals surface area contributed by atoms with Crippen molar-refractivity contribution in [1.29, 1.82) is 0 Å². The molecule has 4 heteroatoms. The zero-order chi connectivity index (χ0) is 10.5. The van der Waals surface area contributed by atoms with E-state index in [0.29, 0.717) is 5.02 Å². The zero-order valence-electron chi connectivity index (χ0n) is 8.67. The van der Waals surface area contributed by atoms with Crippen LogP contribution < -0.4 is 10.6 Å². The van der Waals surface area contributed by atoms with Crippen molar-refractivity contribution in [2.45, 2.75) is 12.8 Å². The minimum atomic E-state index is 0.700. The molecule has 3 nitrogen and oxygen atoms in total. The molecule has 0 bridgehead atoms. The van der Waals surface area contributed by atoms with E-state index in [1.165, 1.54) is 12.8 Å². The van der Waals surface area contributed by atoms with Crippen LogP contribution in [0.1, 0.15) is 12.8 Å². The lowest BCUT2D eigenvalue weighted by molar-refractivity contribution is 0.390. The monoisotopic (exact) mass is 225 g/mol. The number of aromatic nitrogens is 1. The molecule has 1 saturated heterocycles. The summed E-state index contributed by atoms with van der Waals surface area (Å²) in [7, 11) is 0. The van der Waals surface area contributed by atoms with Crippen LogP contribution in [0.4, 0.5) is 5.69 Å². The standard InChI is InChI=1S/C11H16ClN3/c12-10-8-14-6-3-11(10)15-7-9-1-4-13-5-2-9/h3,6,8-9,13H,1-2,4-5,7H2,(H,14,15). The molecule has 15 heavy (non-hydrogen) atoms. The van der Waals surface area contributed by atoms with Crippen LogP contribution in [0.5, 0.6) is 0 Å². The summed E-state index contributed by atoms with van der Waals surface area (Å²) in [5.41, 5.74) is 0.991. The second kappa shape index (κ2) is 5.33. The van der Waals surface area contributed by atoms with Gasteiger partial charge < -0.3 is 10.6 Å². The maximum absolute atomic E-state index is 6.00. The highest BCUT2D eigenvalue weighted by atomic mass is 35.5. The molecule has 2 rings (SSSR count). The van der Waals surface area contributed by atoms with Crippen molar-refractivity contribution < 1.29 is 0 Å². The third kappa shape index (κ3) is 3.08. The van der Waals surface area contributed by atoms with Crippen LogP contribution in [0, 0.1) is 5.92 Å². The molecule has 0 aliphatic carbocycles. The molecule has 1 aromatic heterocycles. The van der Waals surface area contributed by atoms with E-state index in [-0.39, 0.29) is 0 Å². The number of anilines is 1. The van der Waals surface area contributed by atoms with E-state index in [2.05, 4.69) is 15.6 Å². The molecule has 0 spiro atoms. The van der Waals surface area contributed by atoms with Gasteiger partial charge in [0.15, 0.2) is 0 Å². The van der Waals surface area contributed by atoms with Crippen LogP contribution in [-0.4, -0.2) is 24.6 Å². The highest BCUT2D eigenvalue weighted by molar-refractivity contribution is 6.33. The SMILES string of the molecule is Clc1cnccc1NCC1CCNCC1. The average molecular weight is 226 g/mol. The second-order valence-electron chi connectivity index (χ2n) is 3.93. The van der Waals surface area contributed by atoms with Gasteiger partial charge in [-0.15, -0.1) is 0 Å². The van der Waals surface area contributed by atoms with E-state index in [9.17, 15) is 0 Å². The predicted octanol–water partition coefficient (Wildman–Crippen LogP) is 2.15. The number of nitrogens with zero attached hydrogens (tertiary/aromatic N) is 1. The molecule has 1 aliphatic heterocycles. The summed E-state index contributed by atoms with van der Waals surface area (Å²) in [6.45, 7) is 3.28. The molecule has 0 aromatic carbocycles. The number of rotatable bonds is 3. The lowest BCUT2D eigenvalue weighted by Gasteiger charge is -2.23. The highest BCUT2D eigenvalue weighted by Gasteiger charge is 2.12. The van der Waals surface area contributed by atoms with E-state index in [4.69, 9.17) is 11.6 Å². The van der Waals surface area contributed by atoms with Crippen molar-refractivity contribution in [3.8, 4) is 0 Å². The van der Waals surface area contributed by atoms with E-state index in [1.54, 1.807) is 12.4 Å². The minimum absolute atomic E-state index is 0.700. The Hall–Kier alpha value is -0.800. The summed E-state index contributed by atoms with van der Waals surface area (Å²) in [4.78, 5) is 3.96. The van der Waals surface area contributed by atoms with Crippen LogP contribution in [-0.2, 0) is 0 Å². The third-order valence-corrected chi connectivity index (χ3v) is 3.11. The van der Waals surface area contributed by atoms with E-state index in [1.807, 2.05) is 6.07 Å². The van der Waals surface area contributed by atoms with Crippen molar-refractivity contribution in [3.05, 3.63) is 23.5 Å². The number of pyridine rings is 1. The quantitative estimate of drug-likeness (QED) is 0.828. The topological polar surface area (TPSA) is 37.0 Å². The molecule has 1 aliphatic rings. The molecule has 1 fully saturated rings. The van der Waals surface area contributed by atoms with Gasteiger partial charge in [-0.3, -0.25) is 4.98 Å². The Morgan fingerprint density at radius 2 is 2.27 bits per heavy atom. The first-order valence-corrected chi connectivity index (χ1v) is 5.78. The molecule has 0 unspecified atom stereocenters. The molecule has 2 N–H and O–H groups in total. The largest absolute Gasteiger partial charge is 0.383 e. The van der Waals surface area contributed by atoms with E-state index >= 15 is 0 Å². The van der Waals surface area contributed by atoms with Gasteiger partial charge in [0.1, 0.15) is 0 Å². The molecule has 0 radical (unpaired) electrons. The van der Waals surface area contributed by atoms with E-state index in [0.717, 1.165) is 31.2 Å². The second-order valence-corrected chi connectivity index (χ2v) is 4.34. The Kier molecular flexibility index (Phi) is 3.80. The molecule has 0 atom stereocenters. The van der Waals surface area contributed by atoms with Crippen molar-refractivity contribution in [3.63, 3.8) is 0 Å². The van der Waals surface area contributed by atoms with Crippen molar-refractivity contribution in [2.24, 2.45) is 5.92 Å². The Labute approximate surface area is 95.2 Å². The Morgan fingerprint density at radius 1 is 1.47 bits per heavy atom. The van der Waals surface area contributed by atoms with E-state index < -0.39 is 0 Å². The third-order valence-electron chi connectivity index (χ3n) is 2.81. The number of nitrogens with one attached hydrogen (secondary N) is 2. The Bertz CT molecular complexity index is 310. The van der Waals surface area contributed by atoms with Crippen molar-refractivity contribution >= 4 is 17.3 Å². The van der Waals surface area contributed by atoms with Gasteiger partial charge in [-0.05, 0) is 37.9 Å². The number of halogens is 1. The summed E-state index contributed by atoms with van der Waals surface area (Å²) in [6.07, 6.45) is 5.92. The maximum atomic E-state index is 6.00. The first-order chi connectivity index (χ1) is 7.36. The highest BCUT2D eigenvalue weighted by Crippen LogP contribution is 2.20. The summed E-state index contributed by atoms with van der Waals surface area (Å²) >= 11 is 6.00. The maximum Gasteiger partial charge on any atom is 0.0820 e. The summed E-state index contributed by atoms with van der Waals surface area (Å²) < 4.78 is 0. The molecule has 82 valence electrons. The van der Waals surface area contributed by atoms with Crippen molar-refractivity contribution in [1.82, 2.24) is 10.3 Å². The van der Waals surface area contributed by atoms with Gasteiger partial charge in [-0.25, -0.2) is 0 Å². The normalized spacial score (nSPS) is 17.7. The first kappa shape index (κ1) is 10.7. The van der Waals surface area contributed by atoms with Gasteiger partial charge >= 0.3 is 0 Å². The number of hydrogen-bond acceptors (Lipinski definition) is 3. The average Bonchev–Trinajstić information content (AvgIpc) is 2.29. The molecular weight excluding hydrogens is 210 g/mol. The zero-order valence-corrected chi connectivity index (χ0v) is 9.43.